The normalized spacial score (nSPS) is 10.7. The molecule has 0 amide bonds. The van der Waals surface area contributed by atoms with E-state index in [1.54, 1.807) is 24.5 Å². The van der Waals surface area contributed by atoms with Crippen molar-refractivity contribution in [3.8, 4) is 10.4 Å². The van der Waals surface area contributed by atoms with Gasteiger partial charge in [-0.2, -0.15) is 0 Å². The average Bonchev–Trinajstić information content (AvgIpc) is 2.97. The lowest BCUT2D eigenvalue weighted by molar-refractivity contribution is 0.631. The summed E-state index contributed by atoms with van der Waals surface area (Å²) in [6.07, 6.45) is 5.31. The molecule has 0 saturated carbocycles. The first-order chi connectivity index (χ1) is 10.3. The molecule has 3 aromatic rings. The minimum atomic E-state index is -0.212. The summed E-state index contributed by atoms with van der Waals surface area (Å²) in [6.45, 7) is 1.40. The summed E-state index contributed by atoms with van der Waals surface area (Å²) in [7, 11) is 0. The van der Waals surface area contributed by atoms with Gasteiger partial charge in [0.05, 0.1) is 4.88 Å². The second-order valence-electron chi connectivity index (χ2n) is 4.56. The van der Waals surface area contributed by atoms with Gasteiger partial charge in [0.1, 0.15) is 10.8 Å². The third kappa shape index (κ3) is 3.51. The standard InChI is InChI=1S/C16H14FN3S/c17-14-6-2-1-5-13(14)15-10-20-16(21-15)11-19-9-12-4-3-7-18-8-12/h1-8,10,19H,9,11H2. The zero-order chi connectivity index (χ0) is 14.5. The molecule has 21 heavy (non-hydrogen) atoms. The van der Waals surface area contributed by atoms with Crippen LogP contribution in [0.2, 0.25) is 0 Å². The molecule has 0 bridgehead atoms. The van der Waals surface area contributed by atoms with Crippen molar-refractivity contribution in [1.82, 2.24) is 15.3 Å². The van der Waals surface area contributed by atoms with Crippen LogP contribution in [0, 0.1) is 5.82 Å². The van der Waals surface area contributed by atoms with Gasteiger partial charge >= 0.3 is 0 Å². The third-order valence-electron chi connectivity index (χ3n) is 3.02. The Hall–Kier alpha value is -2.11. The van der Waals surface area contributed by atoms with E-state index >= 15 is 0 Å². The van der Waals surface area contributed by atoms with E-state index in [-0.39, 0.29) is 5.82 Å². The van der Waals surface area contributed by atoms with E-state index in [4.69, 9.17) is 0 Å². The largest absolute Gasteiger partial charge is 0.306 e. The molecule has 0 spiro atoms. The molecule has 0 unspecified atom stereocenters. The highest BCUT2D eigenvalue weighted by Gasteiger charge is 2.08. The summed E-state index contributed by atoms with van der Waals surface area (Å²) in [4.78, 5) is 9.26. The van der Waals surface area contributed by atoms with Crippen molar-refractivity contribution in [2.24, 2.45) is 0 Å². The van der Waals surface area contributed by atoms with Crippen LogP contribution in [-0.2, 0) is 13.1 Å². The summed E-state index contributed by atoms with van der Waals surface area (Å²) in [5, 5.41) is 4.25. The number of pyridine rings is 1. The van der Waals surface area contributed by atoms with Gasteiger partial charge in [0.2, 0.25) is 0 Å². The second kappa shape index (κ2) is 6.56. The van der Waals surface area contributed by atoms with E-state index in [9.17, 15) is 4.39 Å². The van der Waals surface area contributed by atoms with Gasteiger partial charge in [0.15, 0.2) is 0 Å². The fraction of sp³-hybridized carbons (Fsp3) is 0.125. The molecule has 0 aliphatic carbocycles. The summed E-state index contributed by atoms with van der Waals surface area (Å²) in [6, 6.07) is 10.7. The fourth-order valence-corrected chi connectivity index (χ4v) is 2.91. The first-order valence-electron chi connectivity index (χ1n) is 6.62. The Morgan fingerprint density at radius 3 is 2.76 bits per heavy atom. The number of halogens is 1. The van der Waals surface area contributed by atoms with Crippen molar-refractivity contribution >= 4 is 11.3 Å². The Kier molecular flexibility index (Phi) is 4.33. The van der Waals surface area contributed by atoms with E-state index < -0.39 is 0 Å². The third-order valence-corrected chi connectivity index (χ3v) is 4.05. The minimum Gasteiger partial charge on any atom is -0.306 e. The van der Waals surface area contributed by atoms with Crippen LogP contribution in [-0.4, -0.2) is 9.97 Å². The summed E-state index contributed by atoms with van der Waals surface area (Å²) in [5.74, 6) is -0.212. The SMILES string of the molecule is Fc1ccccc1-c1cnc(CNCc2cccnc2)s1. The summed E-state index contributed by atoms with van der Waals surface area (Å²) in [5.41, 5.74) is 1.73. The first-order valence-corrected chi connectivity index (χ1v) is 7.44. The van der Waals surface area contributed by atoms with Gasteiger partial charge in [0.25, 0.3) is 0 Å². The Balaban J connectivity index is 1.62. The number of hydrogen-bond donors (Lipinski definition) is 1. The molecule has 0 aliphatic heterocycles. The zero-order valence-electron chi connectivity index (χ0n) is 11.3. The summed E-state index contributed by atoms with van der Waals surface area (Å²) >= 11 is 1.51. The highest BCUT2D eigenvalue weighted by Crippen LogP contribution is 2.28. The Labute approximate surface area is 126 Å². The maximum atomic E-state index is 13.7. The van der Waals surface area contributed by atoms with Crippen molar-refractivity contribution in [3.63, 3.8) is 0 Å². The van der Waals surface area contributed by atoms with Gasteiger partial charge < -0.3 is 5.32 Å². The van der Waals surface area contributed by atoms with Crippen molar-refractivity contribution < 1.29 is 4.39 Å². The first kappa shape index (κ1) is 13.9. The number of rotatable bonds is 5. The monoisotopic (exact) mass is 299 g/mol. The van der Waals surface area contributed by atoms with Gasteiger partial charge in [-0.25, -0.2) is 9.37 Å². The molecule has 5 heteroatoms. The van der Waals surface area contributed by atoms with Crippen LogP contribution in [0.15, 0.2) is 55.0 Å². The minimum absolute atomic E-state index is 0.212. The van der Waals surface area contributed by atoms with Gasteiger partial charge in [-0.3, -0.25) is 4.98 Å². The van der Waals surface area contributed by atoms with Crippen molar-refractivity contribution in [2.75, 3.05) is 0 Å². The van der Waals surface area contributed by atoms with E-state index in [2.05, 4.69) is 15.3 Å². The molecule has 2 heterocycles. The molecule has 0 saturated heterocycles. The van der Waals surface area contributed by atoms with Crippen LogP contribution in [0.4, 0.5) is 4.39 Å². The van der Waals surface area contributed by atoms with Crippen molar-refractivity contribution in [3.05, 3.63) is 71.4 Å². The number of thiazole rings is 1. The quantitative estimate of drug-likeness (QED) is 0.781. The van der Waals surface area contributed by atoms with E-state index in [0.717, 1.165) is 22.0 Å². The van der Waals surface area contributed by atoms with E-state index in [0.29, 0.717) is 12.1 Å². The van der Waals surface area contributed by atoms with Crippen molar-refractivity contribution in [2.45, 2.75) is 13.1 Å². The predicted molar refractivity (Wildman–Crippen MR) is 82.3 cm³/mol. The molecule has 0 fully saturated rings. The molecule has 3 rings (SSSR count). The number of aromatic nitrogens is 2. The molecule has 106 valence electrons. The topological polar surface area (TPSA) is 37.8 Å². The van der Waals surface area contributed by atoms with Gasteiger partial charge in [-0.15, -0.1) is 11.3 Å². The fourth-order valence-electron chi connectivity index (χ4n) is 1.99. The molecule has 0 aliphatic rings. The van der Waals surface area contributed by atoms with Crippen LogP contribution in [0.25, 0.3) is 10.4 Å². The number of nitrogens with zero attached hydrogens (tertiary/aromatic N) is 2. The zero-order valence-corrected chi connectivity index (χ0v) is 12.1. The molecule has 2 aromatic heterocycles. The smallest absolute Gasteiger partial charge is 0.131 e. The summed E-state index contributed by atoms with van der Waals surface area (Å²) < 4.78 is 13.7. The number of hydrogen-bond acceptors (Lipinski definition) is 4. The molecule has 0 radical (unpaired) electrons. The van der Waals surface area contributed by atoms with Gasteiger partial charge in [-0.1, -0.05) is 24.3 Å². The highest BCUT2D eigenvalue weighted by atomic mass is 32.1. The molecule has 1 aromatic carbocycles. The lowest BCUT2D eigenvalue weighted by Crippen LogP contribution is -2.12. The van der Waals surface area contributed by atoms with Crippen LogP contribution in [0.5, 0.6) is 0 Å². The number of nitrogens with one attached hydrogen (secondary N) is 1. The Morgan fingerprint density at radius 1 is 1.05 bits per heavy atom. The average molecular weight is 299 g/mol. The van der Waals surface area contributed by atoms with Crippen LogP contribution in [0.3, 0.4) is 0 Å². The Bertz CT molecular complexity index is 712. The van der Waals surface area contributed by atoms with Crippen molar-refractivity contribution in [1.29, 1.82) is 0 Å². The maximum absolute atomic E-state index is 13.7. The lowest BCUT2D eigenvalue weighted by Gasteiger charge is -2.01. The highest BCUT2D eigenvalue weighted by molar-refractivity contribution is 7.15. The van der Waals surface area contributed by atoms with Crippen LogP contribution < -0.4 is 5.32 Å². The van der Waals surface area contributed by atoms with Gasteiger partial charge in [-0.05, 0) is 17.7 Å². The molecular formula is C16H14FN3S. The maximum Gasteiger partial charge on any atom is 0.131 e. The molecule has 3 nitrogen and oxygen atoms in total. The van der Waals surface area contributed by atoms with Gasteiger partial charge in [0, 0.05) is 37.2 Å². The molecule has 0 atom stereocenters. The predicted octanol–water partition coefficient (Wildman–Crippen LogP) is 3.63. The van der Waals surface area contributed by atoms with Crippen LogP contribution in [0.1, 0.15) is 10.6 Å². The second-order valence-corrected chi connectivity index (χ2v) is 5.68. The van der Waals surface area contributed by atoms with Crippen LogP contribution >= 0.6 is 11.3 Å². The molecular weight excluding hydrogens is 285 g/mol. The Morgan fingerprint density at radius 2 is 1.95 bits per heavy atom. The van der Waals surface area contributed by atoms with E-state index in [1.165, 1.54) is 17.4 Å². The lowest BCUT2D eigenvalue weighted by atomic mass is 10.2. The molecule has 1 N–H and O–H groups in total. The number of benzene rings is 1. The van der Waals surface area contributed by atoms with E-state index in [1.807, 2.05) is 24.4 Å².